The van der Waals surface area contributed by atoms with Crippen LogP contribution in [0, 0.1) is 0 Å². The largest absolute Gasteiger partial charge is 0.472 e. The zero-order valence-electron chi connectivity index (χ0n) is 35.6. The van der Waals surface area contributed by atoms with Crippen LogP contribution in [0.1, 0.15) is 84.0 Å². The molecule has 33 heteroatoms. The first-order valence-corrected chi connectivity index (χ1v) is 27.8. The molecule has 8 N–H and O–H groups in total. The molecule has 0 aromatic carbocycles. The lowest BCUT2D eigenvalue weighted by Gasteiger charge is -2.33. The third kappa shape index (κ3) is 24.9. The Labute approximate surface area is 370 Å². The maximum Gasteiger partial charge on any atom is 0.472 e. The number of aliphatic hydroxyl groups excluding tert-OH is 1. The monoisotopic (exact) mass is 1030 g/mol. The van der Waals surface area contributed by atoms with E-state index in [9.17, 15) is 52.4 Å². The Morgan fingerprint density at radius 3 is 1.17 bits per heavy atom. The highest BCUT2D eigenvalue weighted by Gasteiger charge is 2.39. The average molecular weight is 1030 g/mol. The zero-order chi connectivity index (χ0) is 47.3. The molecule has 0 aliphatic heterocycles. The molecule has 0 heterocycles. The molecule has 7 atom stereocenters. The topological polar surface area (TPSA) is 369 Å². The van der Waals surface area contributed by atoms with Crippen molar-refractivity contribution in [3.8, 4) is 0 Å². The van der Waals surface area contributed by atoms with E-state index in [0.29, 0.717) is 0 Å². The average Bonchev–Trinajstić information content (AvgIpc) is 3.22. The summed E-state index contributed by atoms with van der Waals surface area (Å²) in [5.41, 5.74) is 0. The van der Waals surface area contributed by atoms with Crippen molar-refractivity contribution < 1.29 is 123 Å². The van der Waals surface area contributed by atoms with Crippen LogP contribution in [0.2, 0.25) is 0 Å². The molecule has 0 saturated heterocycles. The van der Waals surface area contributed by atoms with Crippen LogP contribution < -0.4 is 10.6 Å². The summed E-state index contributed by atoms with van der Waals surface area (Å²) < 4.78 is 114. The number of hydrogen-bond donors (Lipinski definition) is 8. The van der Waals surface area contributed by atoms with E-state index >= 15 is 0 Å². The summed E-state index contributed by atoms with van der Waals surface area (Å²) in [5, 5.41) is 26.7. The Morgan fingerprint density at radius 1 is 0.484 bits per heavy atom. The highest BCUT2D eigenvalue weighted by molar-refractivity contribution is 7.48. The molecular formula is C31H63N2O26P5. The highest BCUT2D eigenvalue weighted by Crippen LogP contribution is 2.54. The maximum atomic E-state index is 12.9. The molecule has 3 saturated carbocycles. The fourth-order valence-electron chi connectivity index (χ4n) is 6.35. The molecule has 3 aliphatic rings. The van der Waals surface area contributed by atoms with E-state index in [4.69, 9.17) is 45.2 Å². The van der Waals surface area contributed by atoms with Gasteiger partial charge in [-0.2, -0.15) is 0 Å². The third-order valence-corrected chi connectivity index (χ3v) is 15.0. The molecular weight excluding hydrogens is 971 g/mol. The molecule has 64 heavy (non-hydrogen) atoms. The van der Waals surface area contributed by atoms with Gasteiger partial charge in [0.1, 0.15) is 12.9 Å². The second-order valence-electron chi connectivity index (χ2n) is 14.6. The SMILES string of the molecule is C/C=C/OOOOOCCOP(=O)(O)OCC(COP(=O)(O)OC1CCC(OP(=O)(O)OC2CCC(OP(=O)(O)OC3CCC(OP(=O)(O)OCC(CO)NC)CC3)CC2)CC1)NC. The number of hydrogen-bond acceptors (Lipinski definition) is 23. The molecule has 0 spiro atoms. The summed E-state index contributed by atoms with van der Waals surface area (Å²) >= 11 is 0. The van der Waals surface area contributed by atoms with E-state index in [2.05, 4.69) is 35.5 Å². The van der Waals surface area contributed by atoms with Crippen molar-refractivity contribution in [3.63, 3.8) is 0 Å². The van der Waals surface area contributed by atoms with Gasteiger partial charge in [-0.3, -0.25) is 45.2 Å². The summed E-state index contributed by atoms with van der Waals surface area (Å²) in [6.07, 6.45) is 0.959. The first-order chi connectivity index (χ1) is 30.2. The molecule has 28 nitrogen and oxygen atoms in total. The third-order valence-electron chi connectivity index (χ3n) is 9.67. The van der Waals surface area contributed by atoms with E-state index in [0.717, 1.165) is 6.26 Å². The quantitative estimate of drug-likeness (QED) is 0.0151. The lowest BCUT2D eigenvalue weighted by atomic mass is 9.95. The zero-order valence-corrected chi connectivity index (χ0v) is 40.1. The van der Waals surface area contributed by atoms with Gasteiger partial charge in [-0.05, 0) is 109 Å². The van der Waals surface area contributed by atoms with Gasteiger partial charge >= 0.3 is 39.1 Å². The summed E-state index contributed by atoms with van der Waals surface area (Å²) in [5.74, 6) is 0. The van der Waals surface area contributed by atoms with Crippen molar-refractivity contribution in [2.75, 3.05) is 53.7 Å². The van der Waals surface area contributed by atoms with Crippen molar-refractivity contribution in [1.29, 1.82) is 0 Å². The van der Waals surface area contributed by atoms with Crippen molar-refractivity contribution in [2.24, 2.45) is 0 Å². The molecule has 0 aromatic heterocycles. The number of aliphatic hydroxyl groups is 1. The van der Waals surface area contributed by atoms with Gasteiger partial charge in [0.05, 0.1) is 81.7 Å². The van der Waals surface area contributed by atoms with E-state index < -0.39 is 108 Å². The Morgan fingerprint density at radius 2 is 0.828 bits per heavy atom. The van der Waals surface area contributed by atoms with Crippen LogP contribution in [0.25, 0.3) is 0 Å². The van der Waals surface area contributed by atoms with Crippen LogP contribution in [0.5, 0.6) is 0 Å². The number of rotatable bonds is 33. The molecule has 0 radical (unpaired) electrons. The molecule has 3 fully saturated rings. The van der Waals surface area contributed by atoms with Crippen molar-refractivity contribution >= 4 is 39.1 Å². The number of phosphoric acid groups is 5. The number of allylic oxidation sites excluding steroid dienone is 1. The minimum atomic E-state index is -4.63. The van der Waals surface area contributed by atoms with Crippen molar-refractivity contribution in [3.05, 3.63) is 12.3 Å². The fourth-order valence-corrected chi connectivity index (χ4v) is 11.6. The van der Waals surface area contributed by atoms with Crippen LogP contribution in [0.15, 0.2) is 12.3 Å². The summed E-state index contributed by atoms with van der Waals surface area (Å²) in [7, 11) is -19.7. The lowest BCUT2D eigenvalue weighted by Crippen LogP contribution is -2.34. The van der Waals surface area contributed by atoms with Crippen LogP contribution in [-0.4, -0.2) is 132 Å². The van der Waals surface area contributed by atoms with Gasteiger partial charge in [-0.25, -0.2) is 27.7 Å². The molecule has 378 valence electrons. The Balaban J connectivity index is 1.28. The standard InChI is InChI=1S/C31H63N2O26P5/c1-4-17-45-57-59-58-46-18-19-47-60(35,36)48-22-25(33-3)23-50-62(39,40)52-27-7-11-29(12-8-27)54-64(43,44)56-31-15-13-30(14-16-31)55-63(41,42)53-28-9-5-26(6-10-28)51-61(37,38)49-21-24(20-34)32-2/h4,17,24-34H,5-16,18-23H2,1-3H3,(H,35,36)(H,37,38)(H,39,40)(H,41,42)(H,43,44)/b17-4+. The van der Waals surface area contributed by atoms with Crippen molar-refractivity contribution in [2.45, 2.75) is 133 Å². The van der Waals surface area contributed by atoms with E-state index in [1.54, 1.807) is 14.0 Å². The highest BCUT2D eigenvalue weighted by atomic mass is 31.2. The minimum Gasteiger partial charge on any atom is -0.395 e. The number of nitrogens with one attached hydrogen (secondary N) is 2. The van der Waals surface area contributed by atoms with Crippen LogP contribution in [-0.2, 0) is 93.0 Å². The molecule has 0 bridgehead atoms. The minimum absolute atomic E-state index is 0.171. The van der Waals surface area contributed by atoms with E-state index in [1.807, 2.05) is 0 Å². The Bertz CT molecular complexity index is 1590. The van der Waals surface area contributed by atoms with E-state index in [-0.39, 0.29) is 96.9 Å². The smallest absolute Gasteiger partial charge is 0.395 e. The van der Waals surface area contributed by atoms with Gasteiger partial charge in [-0.15, -0.1) is 0 Å². The fraction of sp³-hybridized carbons (Fsp3) is 0.935. The lowest BCUT2D eigenvalue weighted by molar-refractivity contribution is -0.700. The summed E-state index contributed by atoms with van der Waals surface area (Å²) in [4.78, 5) is 59.9. The molecule has 3 rings (SSSR count). The number of phosphoric ester groups is 5. The Kier molecular flexibility index (Phi) is 26.4. The van der Waals surface area contributed by atoms with E-state index in [1.165, 1.54) is 13.1 Å². The number of likely N-dealkylation sites (N-methyl/N-ethyl adjacent to an activating group) is 2. The predicted octanol–water partition coefficient (Wildman–Crippen LogP) is 4.03. The van der Waals surface area contributed by atoms with Gasteiger partial charge in [0, 0.05) is 10.1 Å². The van der Waals surface area contributed by atoms with Gasteiger partial charge in [0.25, 0.3) is 0 Å². The van der Waals surface area contributed by atoms with Gasteiger partial charge in [-0.1, -0.05) is 0 Å². The second-order valence-corrected chi connectivity index (χ2v) is 21.6. The predicted molar refractivity (Wildman–Crippen MR) is 215 cm³/mol. The molecule has 0 amide bonds. The van der Waals surface area contributed by atoms with Crippen LogP contribution in [0.3, 0.4) is 0 Å². The molecule has 7 unspecified atom stereocenters. The van der Waals surface area contributed by atoms with Crippen LogP contribution in [0.4, 0.5) is 0 Å². The maximum absolute atomic E-state index is 12.9. The summed E-state index contributed by atoms with van der Waals surface area (Å²) in [6.45, 7) is -0.708. The van der Waals surface area contributed by atoms with Gasteiger partial charge in [0.15, 0.2) is 0 Å². The van der Waals surface area contributed by atoms with Crippen LogP contribution >= 0.6 is 39.1 Å². The van der Waals surface area contributed by atoms with Crippen molar-refractivity contribution in [1.82, 2.24) is 10.6 Å². The Hall–Kier alpha value is -0.190. The molecule has 3 aliphatic carbocycles. The normalized spacial score (nSPS) is 29.1. The van der Waals surface area contributed by atoms with Gasteiger partial charge in [0.2, 0.25) is 0 Å². The van der Waals surface area contributed by atoms with Gasteiger partial charge < -0.3 is 45.1 Å². The summed E-state index contributed by atoms with van der Waals surface area (Å²) in [6, 6.07) is -1.41. The second kappa shape index (κ2) is 29.1. The first-order valence-electron chi connectivity index (χ1n) is 20.3. The first kappa shape index (κ1) is 58.1. The molecule has 0 aromatic rings.